The van der Waals surface area contributed by atoms with Crippen LogP contribution in [0.15, 0.2) is 14.2 Å². The number of hydrogen-bond donors (Lipinski definition) is 0. The minimum atomic E-state index is -0.651. The molecular formula is C6H6N4O4. The summed E-state index contributed by atoms with van der Waals surface area (Å²) in [4.78, 5) is 22.8. The molecule has 0 atom stereocenters. The Morgan fingerprint density at radius 3 is 2.64 bits per heavy atom. The molecule has 0 aliphatic rings. The highest BCUT2D eigenvalue weighted by atomic mass is 16.8. The minimum absolute atomic E-state index is 0.0259. The number of hydrogen-bond acceptors (Lipinski definition) is 5. The Bertz CT molecular complexity index is 619. The van der Waals surface area contributed by atoms with Gasteiger partial charge in [-0.15, -0.1) is 0 Å². The highest BCUT2D eigenvalue weighted by Gasteiger charge is 2.19. The van der Waals surface area contributed by atoms with Gasteiger partial charge in [-0.3, -0.25) is 4.79 Å². The molecule has 0 N–H and O–H groups in total. The Hall–Kier alpha value is -2.12. The summed E-state index contributed by atoms with van der Waals surface area (Å²) in [7, 11) is 2.66. The lowest BCUT2D eigenvalue weighted by atomic mass is 10.5. The number of aromatic nitrogens is 4. The Balaban J connectivity index is 3.22. The summed E-state index contributed by atoms with van der Waals surface area (Å²) >= 11 is 0. The molecule has 8 heteroatoms. The number of rotatable bonds is 0. The number of aryl methyl sites for hydroxylation is 1. The third-order valence-corrected chi connectivity index (χ3v) is 1.99. The van der Waals surface area contributed by atoms with E-state index in [1.54, 1.807) is 0 Å². The number of fused-ring (bicyclic) bond motifs is 1. The van der Waals surface area contributed by atoms with Crippen molar-refractivity contribution in [3.05, 3.63) is 26.0 Å². The summed E-state index contributed by atoms with van der Waals surface area (Å²) in [6.07, 6.45) is 0. The zero-order valence-corrected chi connectivity index (χ0v) is 7.42. The Morgan fingerprint density at radius 2 is 2.00 bits per heavy atom. The maximum atomic E-state index is 11.4. The van der Waals surface area contributed by atoms with E-state index in [0.29, 0.717) is 0 Å². The van der Waals surface area contributed by atoms with E-state index >= 15 is 0 Å². The number of nitrogens with zero attached hydrogens (tertiary/aromatic N) is 4. The fourth-order valence-corrected chi connectivity index (χ4v) is 1.22. The zero-order valence-electron chi connectivity index (χ0n) is 7.42. The van der Waals surface area contributed by atoms with E-state index in [0.717, 1.165) is 9.13 Å². The average Bonchev–Trinajstić information content (AvgIpc) is 2.54. The molecule has 2 heterocycles. The first kappa shape index (κ1) is 8.48. The van der Waals surface area contributed by atoms with Crippen molar-refractivity contribution in [1.29, 1.82) is 0 Å². The maximum Gasteiger partial charge on any atom is 0.388 e. The summed E-state index contributed by atoms with van der Waals surface area (Å²) in [5.41, 5.74) is -1.60. The van der Waals surface area contributed by atoms with Crippen molar-refractivity contribution in [1.82, 2.24) is 14.3 Å². The molecule has 0 saturated carbocycles. The third-order valence-electron chi connectivity index (χ3n) is 1.99. The summed E-state index contributed by atoms with van der Waals surface area (Å²) in [5, 5.41) is 14.3. The van der Waals surface area contributed by atoms with E-state index in [-0.39, 0.29) is 16.1 Å². The zero-order chi connectivity index (χ0) is 10.5. The third kappa shape index (κ3) is 0.817. The molecule has 0 unspecified atom stereocenters. The molecule has 0 radical (unpaired) electrons. The van der Waals surface area contributed by atoms with E-state index in [4.69, 9.17) is 0 Å². The summed E-state index contributed by atoms with van der Waals surface area (Å²) in [6, 6.07) is 0. The molecule has 0 aromatic carbocycles. The van der Waals surface area contributed by atoms with Crippen molar-refractivity contribution in [2.24, 2.45) is 14.1 Å². The van der Waals surface area contributed by atoms with Crippen molar-refractivity contribution in [2.75, 3.05) is 0 Å². The van der Waals surface area contributed by atoms with Gasteiger partial charge in [-0.2, -0.15) is 0 Å². The molecule has 0 aliphatic carbocycles. The Labute approximate surface area is 76.1 Å². The van der Waals surface area contributed by atoms with Crippen LogP contribution in [-0.4, -0.2) is 14.3 Å². The fourth-order valence-electron chi connectivity index (χ4n) is 1.22. The molecule has 14 heavy (non-hydrogen) atoms. The molecule has 0 spiro atoms. The molecule has 2 rings (SSSR count). The van der Waals surface area contributed by atoms with Crippen LogP contribution in [0.4, 0.5) is 0 Å². The Kier molecular flexibility index (Phi) is 1.48. The van der Waals surface area contributed by atoms with Crippen molar-refractivity contribution in [3.8, 4) is 0 Å². The van der Waals surface area contributed by atoms with Crippen molar-refractivity contribution >= 4 is 11.2 Å². The molecule has 0 bridgehead atoms. The molecule has 0 aliphatic heterocycles. The molecule has 2 aromatic rings. The van der Waals surface area contributed by atoms with Crippen molar-refractivity contribution in [2.45, 2.75) is 0 Å². The first-order chi connectivity index (χ1) is 6.54. The van der Waals surface area contributed by atoms with Gasteiger partial charge in [0.2, 0.25) is 0 Å². The highest BCUT2D eigenvalue weighted by molar-refractivity contribution is 5.63. The predicted molar refractivity (Wildman–Crippen MR) is 43.5 cm³/mol. The van der Waals surface area contributed by atoms with Crippen LogP contribution in [0.25, 0.3) is 11.2 Å². The van der Waals surface area contributed by atoms with E-state index in [2.05, 4.69) is 9.79 Å². The van der Waals surface area contributed by atoms with Gasteiger partial charge < -0.3 is 9.84 Å². The summed E-state index contributed by atoms with van der Waals surface area (Å²) < 4.78 is 6.08. The van der Waals surface area contributed by atoms with Crippen LogP contribution >= 0.6 is 0 Å². The first-order valence-electron chi connectivity index (χ1n) is 3.69. The molecule has 0 amide bonds. The molecule has 74 valence electrons. The van der Waals surface area contributed by atoms with Crippen LogP contribution < -0.4 is 16.2 Å². The van der Waals surface area contributed by atoms with Gasteiger partial charge in [0.25, 0.3) is 5.52 Å². The predicted octanol–water partition coefficient (Wildman–Crippen LogP) is -2.14. The van der Waals surface area contributed by atoms with Crippen LogP contribution in [-0.2, 0) is 14.1 Å². The molecule has 0 fully saturated rings. The van der Waals surface area contributed by atoms with Gasteiger partial charge in [-0.1, -0.05) is 4.90 Å². The quantitative estimate of drug-likeness (QED) is 0.450. The van der Waals surface area contributed by atoms with Crippen molar-refractivity contribution in [3.63, 3.8) is 0 Å². The first-order valence-corrected chi connectivity index (χ1v) is 3.69. The van der Waals surface area contributed by atoms with Crippen LogP contribution in [0.3, 0.4) is 0 Å². The van der Waals surface area contributed by atoms with Gasteiger partial charge in [-0.05, 0) is 5.16 Å². The van der Waals surface area contributed by atoms with E-state index in [9.17, 15) is 14.8 Å². The van der Waals surface area contributed by atoms with E-state index in [1.165, 1.54) is 14.1 Å². The van der Waals surface area contributed by atoms with Crippen LogP contribution in [0.5, 0.6) is 0 Å². The molecular weight excluding hydrogens is 192 g/mol. The fraction of sp³-hybridized carbons (Fsp3) is 0.333. The topological polar surface area (TPSA) is 97.0 Å². The summed E-state index contributed by atoms with van der Waals surface area (Å²) in [5.74, 6) is 0. The normalized spacial score (nSPS) is 11.0. The highest BCUT2D eigenvalue weighted by Crippen LogP contribution is 1.95. The average molecular weight is 198 g/mol. The monoisotopic (exact) mass is 198 g/mol. The lowest BCUT2D eigenvalue weighted by Crippen LogP contribution is -2.40. The van der Waals surface area contributed by atoms with Gasteiger partial charge in [0.1, 0.15) is 0 Å². The second-order valence-electron chi connectivity index (χ2n) is 2.81. The van der Waals surface area contributed by atoms with E-state index in [1.807, 2.05) is 0 Å². The lowest BCUT2D eigenvalue weighted by molar-refractivity contribution is -0.784. The summed E-state index contributed by atoms with van der Waals surface area (Å²) in [6.45, 7) is 0. The molecule has 0 saturated heterocycles. The van der Waals surface area contributed by atoms with Crippen LogP contribution in [0.2, 0.25) is 0 Å². The largest absolute Gasteiger partial charge is 0.391 e. The standard InChI is InChI=1S/C6H6N4O4/c1-8-4-3(7-14-10(4)13)5(11)9(2)6(8)12/h1-2H3. The lowest BCUT2D eigenvalue weighted by Gasteiger charge is -1.97. The molecule has 2 aromatic heterocycles. The smallest absolute Gasteiger partial charge is 0.388 e. The van der Waals surface area contributed by atoms with Crippen molar-refractivity contribution < 1.29 is 9.53 Å². The maximum absolute atomic E-state index is 11.4. The second kappa shape index (κ2) is 2.44. The van der Waals surface area contributed by atoms with Gasteiger partial charge in [0, 0.05) is 7.05 Å². The minimum Gasteiger partial charge on any atom is -0.391 e. The van der Waals surface area contributed by atoms with E-state index < -0.39 is 11.2 Å². The second-order valence-corrected chi connectivity index (χ2v) is 2.81. The van der Waals surface area contributed by atoms with Crippen LogP contribution in [0, 0.1) is 5.21 Å². The van der Waals surface area contributed by atoms with Gasteiger partial charge in [0.05, 0.1) is 7.05 Å². The SMILES string of the molecule is Cn1c(=O)c2no[n+]([O-])c2n(C)c1=O. The van der Waals surface area contributed by atoms with Gasteiger partial charge >= 0.3 is 16.9 Å². The van der Waals surface area contributed by atoms with Gasteiger partial charge in [0.15, 0.2) is 0 Å². The van der Waals surface area contributed by atoms with Gasteiger partial charge in [-0.25, -0.2) is 13.9 Å². The Morgan fingerprint density at radius 1 is 1.36 bits per heavy atom. The van der Waals surface area contributed by atoms with Crippen LogP contribution in [0.1, 0.15) is 0 Å². The molecule has 8 nitrogen and oxygen atoms in total.